The van der Waals surface area contributed by atoms with Gasteiger partial charge in [-0.2, -0.15) is 0 Å². The van der Waals surface area contributed by atoms with Gasteiger partial charge in [0, 0.05) is 5.92 Å². The van der Waals surface area contributed by atoms with Crippen LogP contribution in [-0.2, 0) is 17.0 Å². The highest BCUT2D eigenvalue weighted by atomic mass is 32.4. The molecule has 3 aromatic carbocycles. The second-order valence-corrected chi connectivity index (χ2v) is 7.16. The first-order valence-electron chi connectivity index (χ1n) is 7.79. The lowest BCUT2D eigenvalue weighted by Crippen LogP contribution is -2.27. The predicted molar refractivity (Wildman–Crippen MR) is 103 cm³/mol. The standard InChI is InChI=1S/C21H19PS/c1-17(18-11-5-2-6-12-18)21(22-23,19-13-7-3-8-14-19)20-15-9-4-10-16-20/h2-17H,1H3. The molecule has 0 aliphatic heterocycles. The largest absolute Gasteiger partial charge is 0.0788 e. The van der Waals surface area contributed by atoms with E-state index >= 15 is 0 Å². The molecule has 0 aromatic heterocycles. The van der Waals surface area contributed by atoms with Gasteiger partial charge in [0.05, 0.1) is 5.16 Å². The fourth-order valence-corrected chi connectivity index (χ4v) is 5.14. The summed E-state index contributed by atoms with van der Waals surface area (Å²) in [7, 11) is 0.937. The Balaban J connectivity index is 2.23. The molecular weight excluding hydrogens is 315 g/mol. The van der Waals surface area contributed by atoms with Crippen LogP contribution in [0.3, 0.4) is 0 Å². The van der Waals surface area contributed by atoms with Crippen LogP contribution < -0.4 is 0 Å². The van der Waals surface area contributed by atoms with E-state index < -0.39 is 0 Å². The zero-order valence-corrected chi connectivity index (χ0v) is 14.8. The lowest BCUT2D eigenvalue weighted by atomic mass is 9.77. The van der Waals surface area contributed by atoms with Gasteiger partial charge in [-0.05, 0) is 24.0 Å². The molecule has 0 bridgehead atoms. The molecule has 0 fully saturated rings. The van der Waals surface area contributed by atoms with E-state index in [1.54, 1.807) is 0 Å². The molecule has 1 atom stereocenters. The molecule has 0 nitrogen and oxygen atoms in total. The van der Waals surface area contributed by atoms with Gasteiger partial charge in [0.25, 0.3) is 0 Å². The highest BCUT2D eigenvalue weighted by molar-refractivity contribution is 7.97. The van der Waals surface area contributed by atoms with E-state index in [-0.39, 0.29) is 11.1 Å². The highest BCUT2D eigenvalue weighted by Crippen LogP contribution is 2.52. The van der Waals surface area contributed by atoms with Crippen LogP contribution >= 0.6 is 7.36 Å². The molecule has 114 valence electrons. The van der Waals surface area contributed by atoms with E-state index in [1.807, 2.05) is 0 Å². The summed E-state index contributed by atoms with van der Waals surface area (Å²) in [4.78, 5) is 0. The minimum Gasteiger partial charge on any atom is -0.0622 e. The van der Waals surface area contributed by atoms with Gasteiger partial charge in [0.15, 0.2) is 0 Å². The van der Waals surface area contributed by atoms with Gasteiger partial charge >= 0.3 is 0 Å². The minimum atomic E-state index is -0.223. The summed E-state index contributed by atoms with van der Waals surface area (Å²) in [6.07, 6.45) is 0. The van der Waals surface area contributed by atoms with Crippen molar-refractivity contribution in [2.75, 3.05) is 0 Å². The molecule has 0 N–H and O–H groups in total. The van der Waals surface area contributed by atoms with Crippen LogP contribution in [0.5, 0.6) is 0 Å². The molecule has 0 aliphatic carbocycles. The van der Waals surface area contributed by atoms with Crippen molar-refractivity contribution in [2.45, 2.75) is 18.0 Å². The number of hydrogen-bond donors (Lipinski definition) is 0. The van der Waals surface area contributed by atoms with Gasteiger partial charge in [0.2, 0.25) is 0 Å². The van der Waals surface area contributed by atoms with Crippen LogP contribution in [0.2, 0.25) is 0 Å². The molecule has 1 unspecified atom stereocenters. The Morgan fingerprint density at radius 3 is 1.48 bits per heavy atom. The van der Waals surface area contributed by atoms with Crippen LogP contribution in [0, 0.1) is 0 Å². The highest BCUT2D eigenvalue weighted by Gasteiger charge is 2.39. The molecule has 2 heteroatoms. The quantitative estimate of drug-likeness (QED) is 0.505. The first-order chi connectivity index (χ1) is 11.3. The van der Waals surface area contributed by atoms with Gasteiger partial charge in [0.1, 0.15) is 0 Å². The SMILES string of the molecule is CC(c1ccccc1)C(P=S)(c1ccccc1)c1ccccc1. The van der Waals surface area contributed by atoms with Gasteiger partial charge < -0.3 is 0 Å². The molecule has 0 saturated carbocycles. The molecule has 0 saturated heterocycles. The van der Waals surface area contributed by atoms with E-state index in [4.69, 9.17) is 11.8 Å². The van der Waals surface area contributed by atoms with Crippen molar-refractivity contribution in [3.05, 3.63) is 108 Å². The van der Waals surface area contributed by atoms with Gasteiger partial charge in [-0.1, -0.05) is 110 Å². The number of hydrogen-bond acceptors (Lipinski definition) is 1. The molecule has 0 aliphatic rings. The lowest BCUT2D eigenvalue weighted by molar-refractivity contribution is 0.602. The van der Waals surface area contributed by atoms with Crippen molar-refractivity contribution >= 4 is 19.2 Å². The average molecular weight is 334 g/mol. The fraction of sp³-hybridized carbons (Fsp3) is 0.143. The maximum Gasteiger partial charge on any atom is 0.0788 e. The summed E-state index contributed by atoms with van der Waals surface area (Å²) in [6.45, 7) is 2.29. The van der Waals surface area contributed by atoms with E-state index in [9.17, 15) is 0 Å². The van der Waals surface area contributed by atoms with Crippen molar-refractivity contribution < 1.29 is 0 Å². The molecule has 0 heterocycles. The summed E-state index contributed by atoms with van der Waals surface area (Å²) in [5.41, 5.74) is 3.87. The van der Waals surface area contributed by atoms with E-state index in [2.05, 4.69) is 97.9 Å². The summed E-state index contributed by atoms with van der Waals surface area (Å²) < 4.78 is 0. The van der Waals surface area contributed by atoms with E-state index in [0.29, 0.717) is 0 Å². The van der Waals surface area contributed by atoms with Crippen molar-refractivity contribution in [3.8, 4) is 0 Å². The first-order valence-corrected chi connectivity index (χ1v) is 9.70. The zero-order chi connectivity index (χ0) is 16.1. The fourth-order valence-electron chi connectivity index (χ4n) is 3.22. The van der Waals surface area contributed by atoms with Gasteiger partial charge in [-0.25, -0.2) is 0 Å². The van der Waals surface area contributed by atoms with Gasteiger partial charge in [-0.3, -0.25) is 0 Å². The van der Waals surface area contributed by atoms with E-state index in [1.165, 1.54) is 16.7 Å². The maximum atomic E-state index is 5.70. The zero-order valence-electron chi connectivity index (χ0n) is 13.1. The molecule has 3 aromatic rings. The molecular formula is C21H19PS. The van der Waals surface area contributed by atoms with Crippen LogP contribution in [-0.4, -0.2) is 0 Å². The van der Waals surface area contributed by atoms with Crippen LogP contribution in [0.25, 0.3) is 0 Å². The van der Waals surface area contributed by atoms with Crippen molar-refractivity contribution in [2.24, 2.45) is 0 Å². The smallest absolute Gasteiger partial charge is 0.0622 e. The third-order valence-electron chi connectivity index (χ3n) is 4.50. The number of benzene rings is 3. The molecule has 0 amide bonds. The Bertz CT molecular complexity index is 714. The number of rotatable bonds is 5. The van der Waals surface area contributed by atoms with Crippen LogP contribution in [0.1, 0.15) is 29.5 Å². The third kappa shape index (κ3) is 3.00. The Labute approximate surface area is 145 Å². The summed E-state index contributed by atoms with van der Waals surface area (Å²) >= 11 is 5.70. The predicted octanol–water partition coefficient (Wildman–Crippen LogP) is 6.14. The first kappa shape index (κ1) is 16.1. The monoisotopic (exact) mass is 334 g/mol. The van der Waals surface area contributed by atoms with Crippen LogP contribution in [0.4, 0.5) is 0 Å². The Morgan fingerprint density at radius 1 is 0.696 bits per heavy atom. The third-order valence-corrected chi connectivity index (χ3v) is 6.55. The molecule has 23 heavy (non-hydrogen) atoms. The maximum absolute atomic E-state index is 5.70. The molecule has 0 spiro atoms. The normalized spacial score (nSPS) is 12.9. The van der Waals surface area contributed by atoms with E-state index in [0.717, 1.165) is 7.36 Å². The summed E-state index contributed by atoms with van der Waals surface area (Å²) in [5, 5.41) is -0.223. The molecule has 0 radical (unpaired) electrons. The summed E-state index contributed by atoms with van der Waals surface area (Å²) in [6, 6.07) is 32.0. The Hall–Kier alpha value is -1.82. The lowest BCUT2D eigenvalue weighted by Gasteiger charge is -2.36. The average Bonchev–Trinajstić information content (AvgIpc) is 2.65. The Kier molecular flexibility index (Phi) is 5.00. The second kappa shape index (κ2) is 7.17. The second-order valence-electron chi connectivity index (χ2n) is 5.72. The molecule has 3 rings (SSSR count). The minimum absolute atomic E-state index is 0.223. The van der Waals surface area contributed by atoms with Crippen molar-refractivity contribution in [3.63, 3.8) is 0 Å². The van der Waals surface area contributed by atoms with Crippen molar-refractivity contribution in [1.29, 1.82) is 0 Å². The van der Waals surface area contributed by atoms with Gasteiger partial charge in [-0.15, -0.1) is 0 Å². The topological polar surface area (TPSA) is 0 Å². The van der Waals surface area contributed by atoms with Crippen LogP contribution in [0.15, 0.2) is 91.0 Å². The summed E-state index contributed by atoms with van der Waals surface area (Å²) in [5.74, 6) is 0.285. The Morgan fingerprint density at radius 2 is 1.09 bits per heavy atom. The van der Waals surface area contributed by atoms with Crippen molar-refractivity contribution in [1.82, 2.24) is 0 Å².